The Kier molecular flexibility index (Phi) is 4.74. The Morgan fingerprint density at radius 3 is 2.65 bits per heavy atom. The molecule has 0 spiro atoms. The molecular weight excluding hydrogens is 274 g/mol. The molecule has 0 saturated heterocycles. The lowest BCUT2D eigenvalue weighted by atomic mass is 9.93. The first-order valence-corrected chi connectivity index (χ1v) is 6.82. The van der Waals surface area contributed by atoms with Crippen LogP contribution in [0.5, 0.6) is 0 Å². The zero-order valence-electron chi connectivity index (χ0n) is 11.2. The normalized spacial score (nSPS) is 12.1. The van der Waals surface area contributed by atoms with E-state index in [1.54, 1.807) is 12.3 Å². The standard InChI is InChI=1S/C16H16ClNO2/c1-11-5-4-8-18-15(11)10-13(16(19)20)9-12-6-2-3-7-14(12)17/h2-8,13H,9-10H2,1H3,(H,19,20). The molecule has 0 fully saturated rings. The van der Waals surface area contributed by atoms with Gasteiger partial charge < -0.3 is 5.11 Å². The van der Waals surface area contributed by atoms with E-state index in [4.69, 9.17) is 11.6 Å². The molecule has 0 amide bonds. The van der Waals surface area contributed by atoms with Crippen LogP contribution in [0.4, 0.5) is 0 Å². The van der Waals surface area contributed by atoms with Crippen LogP contribution in [0.1, 0.15) is 16.8 Å². The minimum atomic E-state index is -0.824. The molecule has 104 valence electrons. The Balaban J connectivity index is 2.19. The molecule has 0 radical (unpaired) electrons. The number of halogens is 1. The van der Waals surface area contributed by atoms with Crippen LogP contribution >= 0.6 is 11.6 Å². The Labute approximate surface area is 123 Å². The maximum Gasteiger partial charge on any atom is 0.307 e. The highest BCUT2D eigenvalue weighted by molar-refractivity contribution is 6.31. The fourth-order valence-corrected chi connectivity index (χ4v) is 2.35. The SMILES string of the molecule is Cc1cccnc1CC(Cc1ccccc1Cl)C(=O)O. The number of benzene rings is 1. The fourth-order valence-electron chi connectivity index (χ4n) is 2.14. The highest BCUT2D eigenvalue weighted by atomic mass is 35.5. The summed E-state index contributed by atoms with van der Waals surface area (Å²) < 4.78 is 0. The topological polar surface area (TPSA) is 50.2 Å². The molecule has 2 rings (SSSR count). The number of carboxylic acids is 1. The van der Waals surface area contributed by atoms with Gasteiger partial charge in [-0.1, -0.05) is 35.9 Å². The second kappa shape index (κ2) is 6.53. The number of carboxylic acid groups (broad SMARTS) is 1. The number of rotatable bonds is 5. The van der Waals surface area contributed by atoms with Crippen molar-refractivity contribution in [2.75, 3.05) is 0 Å². The van der Waals surface area contributed by atoms with E-state index in [-0.39, 0.29) is 0 Å². The quantitative estimate of drug-likeness (QED) is 0.916. The van der Waals surface area contributed by atoms with Crippen molar-refractivity contribution in [1.82, 2.24) is 4.98 Å². The molecule has 0 aliphatic rings. The van der Waals surface area contributed by atoms with E-state index in [0.717, 1.165) is 16.8 Å². The molecule has 4 heteroatoms. The van der Waals surface area contributed by atoms with Gasteiger partial charge in [-0.15, -0.1) is 0 Å². The van der Waals surface area contributed by atoms with Crippen LogP contribution in [-0.4, -0.2) is 16.1 Å². The second-order valence-electron chi connectivity index (χ2n) is 4.80. The van der Waals surface area contributed by atoms with Gasteiger partial charge in [-0.25, -0.2) is 0 Å². The summed E-state index contributed by atoms with van der Waals surface area (Å²) in [5.41, 5.74) is 2.69. The van der Waals surface area contributed by atoms with Crippen molar-refractivity contribution < 1.29 is 9.90 Å². The predicted molar refractivity (Wildman–Crippen MR) is 79.0 cm³/mol. The molecule has 1 aromatic carbocycles. The van der Waals surface area contributed by atoms with E-state index < -0.39 is 11.9 Å². The van der Waals surface area contributed by atoms with Crippen molar-refractivity contribution in [3.05, 3.63) is 64.4 Å². The first-order valence-electron chi connectivity index (χ1n) is 6.44. The lowest BCUT2D eigenvalue weighted by Crippen LogP contribution is -2.20. The molecule has 1 atom stereocenters. The van der Waals surface area contributed by atoms with Crippen LogP contribution in [-0.2, 0) is 17.6 Å². The summed E-state index contributed by atoms with van der Waals surface area (Å²) in [5.74, 6) is -1.35. The molecule has 20 heavy (non-hydrogen) atoms. The molecule has 1 N–H and O–H groups in total. The number of pyridine rings is 1. The number of aromatic nitrogens is 1. The van der Waals surface area contributed by atoms with Crippen LogP contribution < -0.4 is 0 Å². The minimum Gasteiger partial charge on any atom is -0.481 e. The highest BCUT2D eigenvalue weighted by Crippen LogP contribution is 2.21. The molecule has 1 unspecified atom stereocenters. The van der Waals surface area contributed by atoms with Crippen molar-refractivity contribution >= 4 is 17.6 Å². The van der Waals surface area contributed by atoms with Crippen LogP contribution in [0.15, 0.2) is 42.6 Å². The molecule has 0 bridgehead atoms. The van der Waals surface area contributed by atoms with Crippen molar-refractivity contribution in [3.63, 3.8) is 0 Å². The number of hydrogen-bond donors (Lipinski definition) is 1. The van der Waals surface area contributed by atoms with Gasteiger partial charge in [0, 0.05) is 23.3 Å². The van der Waals surface area contributed by atoms with Gasteiger partial charge in [0.15, 0.2) is 0 Å². The monoisotopic (exact) mass is 289 g/mol. The maximum atomic E-state index is 11.5. The van der Waals surface area contributed by atoms with E-state index in [1.807, 2.05) is 37.3 Å². The Morgan fingerprint density at radius 1 is 1.25 bits per heavy atom. The smallest absolute Gasteiger partial charge is 0.307 e. The summed E-state index contributed by atoms with van der Waals surface area (Å²) in [6, 6.07) is 11.1. The van der Waals surface area contributed by atoms with E-state index in [2.05, 4.69) is 4.98 Å². The van der Waals surface area contributed by atoms with Crippen LogP contribution in [0.2, 0.25) is 5.02 Å². The van der Waals surface area contributed by atoms with Gasteiger partial charge in [-0.05, 0) is 36.6 Å². The summed E-state index contributed by atoms with van der Waals surface area (Å²) in [4.78, 5) is 15.7. The number of aryl methyl sites for hydroxylation is 1. The molecule has 0 aliphatic carbocycles. The maximum absolute atomic E-state index is 11.5. The molecule has 3 nitrogen and oxygen atoms in total. The molecular formula is C16H16ClNO2. The predicted octanol–water partition coefficient (Wildman–Crippen LogP) is 3.53. The van der Waals surface area contributed by atoms with Crippen molar-refractivity contribution in [1.29, 1.82) is 0 Å². The van der Waals surface area contributed by atoms with Gasteiger partial charge >= 0.3 is 5.97 Å². The van der Waals surface area contributed by atoms with E-state index >= 15 is 0 Å². The number of nitrogens with zero attached hydrogens (tertiary/aromatic N) is 1. The zero-order valence-corrected chi connectivity index (χ0v) is 12.0. The van der Waals surface area contributed by atoms with Crippen molar-refractivity contribution in [2.24, 2.45) is 5.92 Å². The minimum absolute atomic E-state index is 0.408. The Bertz CT molecular complexity index is 565. The average molecular weight is 290 g/mol. The molecule has 1 heterocycles. The highest BCUT2D eigenvalue weighted by Gasteiger charge is 2.21. The molecule has 0 saturated carbocycles. The van der Waals surface area contributed by atoms with Gasteiger partial charge in [0.05, 0.1) is 5.92 Å². The number of hydrogen-bond acceptors (Lipinski definition) is 2. The fraction of sp³-hybridized carbons (Fsp3) is 0.250. The van der Waals surface area contributed by atoms with Gasteiger partial charge in [-0.2, -0.15) is 0 Å². The Hall–Kier alpha value is -1.87. The molecule has 0 aliphatic heterocycles. The summed E-state index contributed by atoms with van der Waals surface area (Å²) >= 11 is 6.10. The van der Waals surface area contributed by atoms with E-state index in [0.29, 0.717) is 17.9 Å². The number of aliphatic carboxylic acids is 1. The first kappa shape index (κ1) is 14.5. The summed E-state index contributed by atoms with van der Waals surface area (Å²) in [6.07, 6.45) is 2.51. The zero-order chi connectivity index (χ0) is 14.5. The van der Waals surface area contributed by atoms with Gasteiger partial charge in [0.2, 0.25) is 0 Å². The lowest BCUT2D eigenvalue weighted by molar-refractivity contribution is -0.141. The third-order valence-electron chi connectivity index (χ3n) is 3.33. The van der Waals surface area contributed by atoms with Crippen LogP contribution in [0.3, 0.4) is 0 Å². The van der Waals surface area contributed by atoms with Crippen LogP contribution in [0.25, 0.3) is 0 Å². The van der Waals surface area contributed by atoms with Crippen LogP contribution in [0, 0.1) is 12.8 Å². The van der Waals surface area contributed by atoms with E-state index in [9.17, 15) is 9.90 Å². The molecule has 2 aromatic rings. The third-order valence-corrected chi connectivity index (χ3v) is 3.70. The van der Waals surface area contributed by atoms with Crippen molar-refractivity contribution in [3.8, 4) is 0 Å². The lowest BCUT2D eigenvalue weighted by Gasteiger charge is -2.14. The summed E-state index contributed by atoms with van der Waals surface area (Å²) in [5, 5.41) is 10.0. The second-order valence-corrected chi connectivity index (χ2v) is 5.21. The Morgan fingerprint density at radius 2 is 2.00 bits per heavy atom. The van der Waals surface area contributed by atoms with Gasteiger partial charge in [0.1, 0.15) is 0 Å². The largest absolute Gasteiger partial charge is 0.481 e. The average Bonchev–Trinajstić information content (AvgIpc) is 2.42. The van der Waals surface area contributed by atoms with E-state index in [1.165, 1.54) is 0 Å². The first-order chi connectivity index (χ1) is 9.58. The molecule has 1 aromatic heterocycles. The number of carbonyl (C=O) groups is 1. The van der Waals surface area contributed by atoms with Crippen molar-refractivity contribution in [2.45, 2.75) is 19.8 Å². The van der Waals surface area contributed by atoms with Gasteiger partial charge in [0.25, 0.3) is 0 Å². The summed E-state index contributed by atoms with van der Waals surface area (Å²) in [7, 11) is 0. The third kappa shape index (κ3) is 3.58. The van der Waals surface area contributed by atoms with Gasteiger partial charge in [-0.3, -0.25) is 9.78 Å². The summed E-state index contributed by atoms with van der Waals surface area (Å²) in [6.45, 7) is 1.94.